The van der Waals surface area contributed by atoms with E-state index in [1.807, 2.05) is 44.2 Å². The molecule has 28 heavy (non-hydrogen) atoms. The van der Waals surface area contributed by atoms with Gasteiger partial charge in [0.15, 0.2) is 0 Å². The molecule has 0 bridgehead atoms. The van der Waals surface area contributed by atoms with Crippen molar-refractivity contribution in [2.75, 3.05) is 31.8 Å². The van der Waals surface area contributed by atoms with Gasteiger partial charge in [-0.3, -0.25) is 9.69 Å². The van der Waals surface area contributed by atoms with Gasteiger partial charge < -0.3 is 9.47 Å². The Hall–Kier alpha value is -2.77. The predicted octanol–water partition coefficient (Wildman–Crippen LogP) is 4.21. The Kier molecular flexibility index (Phi) is 6.73. The molecule has 0 aliphatic rings. The largest absolute Gasteiger partial charge is 0.493 e. The average molecular weight is 398 g/mol. The Labute approximate surface area is 168 Å². The van der Waals surface area contributed by atoms with Crippen molar-refractivity contribution >= 4 is 22.4 Å². The fourth-order valence-corrected chi connectivity index (χ4v) is 3.62. The second kappa shape index (κ2) is 9.43. The lowest BCUT2D eigenvalue weighted by Crippen LogP contribution is -2.34. The topological polar surface area (TPSA) is 64.5 Å². The number of benzene rings is 2. The third kappa shape index (κ3) is 4.55. The zero-order valence-corrected chi connectivity index (χ0v) is 17.0. The summed E-state index contributed by atoms with van der Waals surface area (Å²) in [6.45, 7) is 5.17. The van der Waals surface area contributed by atoms with Gasteiger partial charge in [0.1, 0.15) is 10.8 Å². The van der Waals surface area contributed by atoms with Gasteiger partial charge in [-0.25, -0.2) is 0 Å². The van der Waals surface area contributed by atoms with Gasteiger partial charge in [-0.1, -0.05) is 47.2 Å². The first-order valence-corrected chi connectivity index (χ1v) is 9.89. The quantitative estimate of drug-likeness (QED) is 0.570. The number of carbonyl (C=O) groups excluding carboxylic acids is 1. The predicted molar refractivity (Wildman–Crippen MR) is 111 cm³/mol. The highest BCUT2D eigenvalue weighted by Crippen LogP contribution is 2.31. The van der Waals surface area contributed by atoms with Crippen molar-refractivity contribution in [3.05, 3.63) is 59.7 Å². The lowest BCUT2D eigenvalue weighted by molar-refractivity contribution is 0.0972. The zero-order valence-electron chi connectivity index (χ0n) is 16.2. The van der Waals surface area contributed by atoms with Crippen LogP contribution < -0.4 is 9.64 Å². The zero-order chi connectivity index (χ0) is 19.9. The number of aromatic nitrogens is 2. The van der Waals surface area contributed by atoms with Crippen LogP contribution in [0.25, 0.3) is 10.6 Å². The number of aryl methyl sites for hydroxylation is 1. The number of ether oxygens (including phenoxy) is 2. The molecule has 0 saturated heterocycles. The molecule has 0 radical (unpaired) electrons. The number of amides is 1. The van der Waals surface area contributed by atoms with Crippen LogP contribution in [0.5, 0.6) is 5.75 Å². The van der Waals surface area contributed by atoms with Crippen LogP contribution in [0.15, 0.2) is 48.5 Å². The second-order valence-electron chi connectivity index (χ2n) is 6.14. The molecule has 7 heteroatoms. The highest BCUT2D eigenvalue weighted by atomic mass is 32.1. The van der Waals surface area contributed by atoms with E-state index in [1.165, 1.54) is 11.3 Å². The molecule has 1 heterocycles. The van der Waals surface area contributed by atoms with Crippen LogP contribution in [0.4, 0.5) is 5.13 Å². The first-order valence-electron chi connectivity index (χ1n) is 9.07. The summed E-state index contributed by atoms with van der Waals surface area (Å²) in [7, 11) is 1.61. The molecule has 0 saturated carbocycles. The van der Waals surface area contributed by atoms with E-state index in [9.17, 15) is 4.79 Å². The molecule has 0 atom stereocenters. The summed E-state index contributed by atoms with van der Waals surface area (Å²) in [6, 6.07) is 15.3. The van der Waals surface area contributed by atoms with Gasteiger partial charge in [0, 0.05) is 12.7 Å². The first kappa shape index (κ1) is 20.0. The maximum Gasteiger partial charge on any atom is 0.263 e. The molecule has 1 aromatic heterocycles. The molecule has 1 amide bonds. The highest BCUT2D eigenvalue weighted by Gasteiger charge is 2.24. The van der Waals surface area contributed by atoms with E-state index in [1.54, 1.807) is 24.1 Å². The summed E-state index contributed by atoms with van der Waals surface area (Å²) in [6.07, 6.45) is 0. The van der Waals surface area contributed by atoms with Gasteiger partial charge in [-0.2, -0.15) is 0 Å². The Morgan fingerprint density at radius 2 is 1.96 bits per heavy atom. The summed E-state index contributed by atoms with van der Waals surface area (Å²) in [4.78, 5) is 14.9. The lowest BCUT2D eigenvalue weighted by Gasteiger charge is -2.20. The first-order chi connectivity index (χ1) is 13.6. The van der Waals surface area contributed by atoms with Crippen molar-refractivity contribution in [1.29, 1.82) is 0 Å². The van der Waals surface area contributed by atoms with Crippen LogP contribution in [0.1, 0.15) is 22.8 Å². The number of hydrogen-bond acceptors (Lipinski definition) is 6. The summed E-state index contributed by atoms with van der Waals surface area (Å²) < 4.78 is 10.8. The number of hydrogen-bond donors (Lipinski definition) is 0. The summed E-state index contributed by atoms with van der Waals surface area (Å²) >= 11 is 1.38. The maximum absolute atomic E-state index is 13.3. The van der Waals surface area contributed by atoms with Gasteiger partial charge in [0.2, 0.25) is 5.13 Å². The number of nitrogens with zero attached hydrogens (tertiary/aromatic N) is 3. The number of methoxy groups -OCH3 is 1. The number of rotatable bonds is 8. The minimum Gasteiger partial charge on any atom is -0.493 e. The normalized spacial score (nSPS) is 10.7. The number of anilines is 1. The number of carbonyl (C=O) groups is 1. The Morgan fingerprint density at radius 1 is 1.14 bits per heavy atom. The number of para-hydroxylation sites is 1. The molecule has 6 nitrogen and oxygen atoms in total. The molecule has 0 aliphatic carbocycles. The van der Waals surface area contributed by atoms with Crippen LogP contribution in [-0.2, 0) is 4.74 Å². The monoisotopic (exact) mass is 397 g/mol. The molecule has 146 valence electrons. The third-order valence-electron chi connectivity index (χ3n) is 4.09. The lowest BCUT2D eigenvalue weighted by atomic mass is 10.1. The van der Waals surface area contributed by atoms with Crippen molar-refractivity contribution in [3.63, 3.8) is 0 Å². The molecule has 3 rings (SSSR count). The van der Waals surface area contributed by atoms with Crippen LogP contribution in [0.2, 0.25) is 0 Å². The highest BCUT2D eigenvalue weighted by molar-refractivity contribution is 7.18. The fourth-order valence-electron chi connectivity index (χ4n) is 2.76. The fraction of sp³-hybridized carbons (Fsp3) is 0.286. The standard InChI is InChI=1S/C21H23N3O3S/c1-4-27-18-11-6-5-10-17(18)20(25)24(12-13-26-3)21-23-22-19(28-21)16-9-7-8-15(2)14-16/h5-11,14H,4,12-13H2,1-3H3. The second-order valence-corrected chi connectivity index (χ2v) is 7.09. The Morgan fingerprint density at radius 3 is 2.71 bits per heavy atom. The summed E-state index contributed by atoms with van der Waals surface area (Å²) in [5.41, 5.74) is 2.62. The molecule has 2 aromatic carbocycles. The summed E-state index contributed by atoms with van der Waals surface area (Å²) in [5.74, 6) is 0.369. The van der Waals surface area contributed by atoms with Gasteiger partial charge in [-0.15, -0.1) is 10.2 Å². The van der Waals surface area contributed by atoms with Gasteiger partial charge >= 0.3 is 0 Å². The van der Waals surface area contributed by atoms with Crippen molar-refractivity contribution < 1.29 is 14.3 Å². The average Bonchev–Trinajstić information content (AvgIpc) is 3.19. The molecule has 0 fully saturated rings. The van der Waals surface area contributed by atoms with Crippen LogP contribution in [-0.4, -0.2) is 43.0 Å². The molecule has 0 unspecified atom stereocenters. The van der Waals surface area contributed by atoms with Crippen molar-refractivity contribution in [1.82, 2.24) is 10.2 Å². The van der Waals surface area contributed by atoms with E-state index >= 15 is 0 Å². The van der Waals surface area contributed by atoms with E-state index < -0.39 is 0 Å². The Balaban J connectivity index is 1.94. The van der Waals surface area contributed by atoms with Crippen LogP contribution in [0, 0.1) is 6.92 Å². The van der Waals surface area contributed by atoms with E-state index in [-0.39, 0.29) is 5.91 Å². The van der Waals surface area contributed by atoms with E-state index in [4.69, 9.17) is 9.47 Å². The van der Waals surface area contributed by atoms with E-state index in [2.05, 4.69) is 16.3 Å². The molecular weight excluding hydrogens is 374 g/mol. The van der Waals surface area contributed by atoms with Crippen LogP contribution >= 0.6 is 11.3 Å². The molecular formula is C21H23N3O3S. The SMILES string of the molecule is CCOc1ccccc1C(=O)N(CCOC)c1nnc(-c2cccc(C)c2)s1. The summed E-state index contributed by atoms with van der Waals surface area (Å²) in [5, 5.41) is 9.87. The van der Waals surface area contributed by atoms with Gasteiger partial charge in [-0.05, 0) is 32.0 Å². The van der Waals surface area contributed by atoms with E-state index in [0.29, 0.717) is 36.2 Å². The van der Waals surface area contributed by atoms with Crippen molar-refractivity contribution in [3.8, 4) is 16.3 Å². The van der Waals surface area contributed by atoms with Crippen molar-refractivity contribution in [2.45, 2.75) is 13.8 Å². The minimum absolute atomic E-state index is 0.187. The molecule has 0 N–H and O–H groups in total. The Bertz CT molecular complexity index is 942. The molecule has 0 aliphatic heterocycles. The van der Waals surface area contributed by atoms with Gasteiger partial charge in [0.25, 0.3) is 5.91 Å². The van der Waals surface area contributed by atoms with Gasteiger partial charge in [0.05, 0.1) is 25.3 Å². The maximum atomic E-state index is 13.3. The minimum atomic E-state index is -0.187. The molecule has 3 aromatic rings. The smallest absolute Gasteiger partial charge is 0.263 e. The van der Waals surface area contributed by atoms with Crippen LogP contribution in [0.3, 0.4) is 0 Å². The third-order valence-corrected chi connectivity index (χ3v) is 5.09. The van der Waals surface area contributed by atoms with Crippen molar-refractivity contribution in [2.24, 2.45) is 0 Å². The van der Waals surface area contributed by atoms with E-state index in [0.717, 1.165) is 16.1 Å². The molecule has 0 spiro atoms.